The van der Waals surface area contributed by atoms with Crippen molar-refractivity contribution in [2.75, 3.05) is 13.1 Å². The van der Waals surface area contributed by atoms with E-state index in [2.05, 4.69) is 16.8 Å². The Labute approximate surface area is 112 Å². The minimum atomic E-state index is -0.335. The molecular weight excluding hydrogens is 246 g/mol. The van der Waals surface area contributed by atoms with E-state index in [1.807, 2.05) is 4.90 Å². The van der Waals surface area contributed by atoms with Crippen molar-refractivity contribution in [2.45, 2.75) is 44.3 Å². The number of nitrogens with zero attached hydrogens (tertiary/aromatic N) is 1. The molecule has 0 aromatic rings. The van der Waals surface area contributed by atoms with E-state index in [0.717, 1.165) is 25.9 Å². The normalized spacial score (nSPS) is 18.2. The summed E-state index contributed by atoms with van der Waals surface area (Å²) < 4.78 is 5.19. The van der Waals surface area contributed by atoms with E-state index in [1.165, 1.54) is 6.92 Å². The van der Waals surface area contributed by atoms with Crippen molar-refractivity contribution in [3.63, 3.8) is 0 Å². The van der Waals surface area contributed by atoms with E-state index in [1.54, 1.807) is 6.08 Å². The molecule has 99 valence electrons. The third-order valence-electron chi connectivity index (χ3n) is 3.07. The molecule has 0 saturated carbocycles. The minimum Gasteiger partial charge on any atom is -0.462 e. The average Bonchev–Trinajstić information content (AvgIpc) is 2.86. The van der Waals surface area contributed by atoms with Gasteiger partial charge in [-0.3, -0.25) is 9.59 Å². The molecule has 4 nitrogen and oxygen atoms in total. The summed E-state index contributed by atoms with van der Waals surface area (Å²) in [5.41, 5.74) is -0.125. The lowest BCUT2D eigenvalue weighted by molar-refractivity contribution is -0.147. The van der Waals surface area contributed by atoms with Crippen LogP contribution in [-0.2, 0) is 14.3 Å². The number of carbonyl (C=O) groups is 2. The van der Waals surface area contributed by atoms with E-state index >= 15 is 0 Å². The van der Waals surface area contributed by atoms with Gasteiger partial charge in [0.05, 0.1) is 0 Å². The molecule has 0 spiro atoms. The van der Waals surface area contributed by atoms with Gasteiger partial charge in [0, 0.05) is 42.2 Å². The smallest absolute Gasteiger partial charge is 0.302 e. The minimum absolute atomic E-state index is 0.125. The Bertz CT molecular complexity index is 313. The topological polar surface area (TPSA) is 46.6 Å². The second-order valence-electron chi connectivity index (χ2n) is 4.54. The fourth-order valence-corrected chi connectivity index (χ4v) is 2.30. The van der Waals surface area contributed by atoms with Crippen LogP contribution in [0, 0.1) is 0 Å². The van der Waals surface area contributed by atoms with Crippen LogP contribution >= 0.6 is 0 Å². The molecule has 1 aliphatic heterocycles. The standard InChI is InChI=1S/C13H20NO3Si/c1-3-12(18)11(17-10(2)15)6-7-13(16)14-8-4-5-9-14/h3,11-12H,1,4-9H2,2H3/t11-,12+/m1/s1. The molecule has 3 radical (unpaired) electrons. The molecule has 0 aromatic carbocycles. The number of ether oxygens (including phenoxy) is 1. The van der Waals surface area contributed by atoms with Crippen LogP contribution in [0.15, 0.2) is 12.7 Å². The Kier molecular flexibility index (Phi) is 6.11. The lowest BCUT2D eigenvalue weighted by atomic mass is 10.1. The fraction of sp³-hybridized carbons (Fsp3) is 0.692. The van der Waals surface area contributed by atoms with Crippen LogP contribution in [0.5, 0.6) is 0 Å². The molecule has 1 amide bonds. The first kappa shape index (κ1) is 15.0. The van der Waals surface area contributed by atoms with Crippen molar-refractivity contribution in [3.8, 4) is 0 Å². The lowest BCUT2D eigenvalue weighted by Gasteiger charge is -2.22. The van der Waals surface area contributed by atoms with E-state index in [4.69, 9.17) is 4.74 Å². The van der Waals surface area contributed by atoms with Crippen LogP contribution < -0.4 is 0 Å². The maximum absolute atomic E-state index is 11.9. The highest BCUT2D eigenvalue weighted by molar-refractivity contribution is 6.13. The van der Waals surface area contributed by atoms with Crippen LogP contribution in [-0.4, -0.2) is 46.2 Å². The van der Waals surface area contributed by atoms with Crippen molar-refractivity contribution >= 4 is 22.1 Å². The Morgan fingerprint density at radius 2 is 2.06 bits per heavy atom. The van der Waals surface area contributed by atoms with Gasteiger partial charge in [0.25, 0.3) is 0 Å². The van der Waals surface area contributed by atoms with Gasteiger partial charge in [-0.05, 0) is 19.3 Å². The Morgan fingerprint density at radius 1 is 1.44 bits per heavy atom. The monoisotopic (exact) mass is 266 g/mol. The molecule has 0 aromatic heterocycles. The van der Waals surface area contributed by atoms with Gasteiger partial charge in [0.1, 0.15) is 6.10 Å². The number of amides is 1. The number of likely N-dealkylation sites (tertiary alicyclic amines) is 1. The maximum atomic E-state index is 11.9. The van der Waals surface area contributed by atoms with Crippen molar-refractivity contribution in [3.05, 3.63) is 12.7 Å². The molecule has 18 heavy (non-hydrogen) atoms. The van der Waals surface area contributed by atoms with Gasteiger partial charge >= 0.3 is 5.97 Å². The summed E-state index contributed by atoms with van der Waals surface area (Å²) in [6, 6.07) is 0. The van der Waals surface area contributed by atoms with E-state index < -0.39 is 0 Å². The molecule has 0 unspecified atom stereocenters. The Morgan fingerprint density at radius 3 is 2.56 bits per heavy atom. The number of hydrogen-bond acceptors (Lipinski definition) is 3. The number of rotatable bonds is 6. The molecule has 0 N–H and O–H groups in total. The van der Waals surface area contributed by atoms with Crippen LogP contribution in [0.1, 0.15) is 32.6 Å². The zero-order chi connectivity index (χ0) is 13.5. The van der Waals surface area contributed by atoms with Crippen LogP contribution in [0.2, 0.25) is 5.54 Å². The Hall–Kier alpha value is -1.10. The summed E-state index contributed by atoms with van der Waals surface area (Å²) in [7, 11) is 3.44. The lowest BCUT2D eigenvalue weighted by Crippen LogP contribution is -2.30. The highest BCUT2D eigenvalue weighted by Gasteiger charge is 2.22. The predicted molar refractivity (Wildman–Crippen MR) is 70.3 cm³/mol. The number of hydrogen-bond donors (Lipinski definition) is 0. The van der Waals surface area contributed by atoms with E-state index in [0.29, 0.717) is 12.8 Å². The SMILES string of the molecule is C=C[C@H]([Si])[C@@H](CCC(=O)N1CCCC1)OC(C)=O. The molecule has 2 atom stereocenters. The van der Waals surface area contributed by atoms with Crippen molar-refractivity contribution in [2.24, 2.45) is 0 Å². The molecular formula is C13H20NO3Si. The molecule has 1 rings (SSSR count). The summed E-state index contributed by atoms with van der Waals surface area (Å²) >= 11 is 0. The zero-order valence-corrected chi connectivity index (χ0v) is 11.9. The van der Waals surface area contributed by atoms with Crippen LogP contribution in [0.25, 0.3) is 0 Å². The molecule has 1 fully saturated rings. The highest BCUT2D eigenvalue weighted by atomic mass is 28.1. The highest BCUT2D eigenvalue weighted by Crippen LogP contribution is 2.19. The van der Waals surface area contributed by atoms with Crippen molar-refractivity contribution in [1.29, 1.82) is 0 Å². The molecule has 1 aliphatic rings. The van der Waals surface area contributed by atoms with Gasteiger partial charge in [0.2, 0.25) is 5.91 Å². The van der Waals surface area contributed by atoms with Crippen molar-refractivity contribution in [1.82, 2.24) is 4.90 Å². The van der Waals surface area contributed by atoms with Gasteiger partial charge in [-0.25, -0.2) is 0 Å². The summed E-state index contributed by atoms with van der Waals surface area (Å²) in [6.07, 6.45) is 4.45. The maximum Gasteiger partial charge on any atom is 0.302 e. The molecule has 1 saturated heterocycles. The summed E-state index contributed by atoms with van der Waals surface area (Å²) in [5.74, 6) is -0.189. The van der Waals surface area contributed by atoms with Gasteiger partial charge in [-0.1, -0.05) is 6.08 Å². The summed E-state index contributed by atoms with van der Waals surface area (Å²) in [5, 5.41) is 0. The fourth-order valence-electron chi connectivity index (χ4n) is 2.07. The van der Waals surface area contributed by atoms with Gasteiger partial charge < -0.3 is 9.64 Å². The predicted octanol–water partition coefficient (Wildman–Crippen LogP) is 1.46. The largest absolute Gasteiger partial charge is 0.462 e. The van der Waals surface area contributed by atoms with E-state index in [-0.39, 0.29) is 23.5 Å². The molecule has 5 heteroatoms. The second kappa shape index (κ2) is 7.36. The second-order valence-corrected chi connectivity index (χ2v) is 5.20. The molecule has 1 heterocycles. The van der Waals surface area contributed by atoms with E-state index in [9.17, 15) is 9.59 Å². The summed E-state index contributed by atoms with van der Waals surface area (Å²) in [6.45, 7) is 6.74. The Balaban J connectivity index is 2.42. The third-order valence-corrected chi connectivity index (χ3v) is 3.68. The zero-order valence-electron chi connectivity index (χ0n) is 10.9. The molecule has 0 bridgehead atoms. The number of carbonyl (C=O) groups excluding carboxylic acids is 2. The molecule has 0 aliphatic carbocycles. The third kappa shape index (κ3) is 4.64. The van der Waals surface area contributed by atoms with Crippen LogP contribution in [0.4, 0.5) is 0 Å². The van der Waals surface area contributed by atoms with Gasteiger partial charge in [0.15, 0.2) is 0 Å². The first-order valence-electron chi connectivity index (χ1n) is 6.33. The number of esters is 1. The van der Waals surface area contributed by atoms with Crippen LogP contribution in [0.3, 0.4) is 0 Å². The quantitative estimate of drug-likeness (QED) is 0.415. The first-order valence-corrected chi connectivity index (χ1v) is 6.91. The summed E-state index contributed by atoms with van der Waals surface area (Å²) in [4.78, 5) is 24.8. The average molecular weight is 266 g/mol. The van der Waals surface area contributed by atoms with Gasteiger partial charge in [-0.15, -0.1) is 6.58 Å². The first-order chi connectivity index (χ1) is 8.54. The van der Waals surface area contributed by atoms with Gasteiger partial charge in [-0.2, -0.15) is 0 Å². The van der Waals surface area contributed by atoms with Crippen molar-refractivity contribution < 1.29 is 14.3 Å².